The van der Waals surface area contributed by atoms with Gasteiger partial charge in [-0.15, -0.1) is 0 Å². The molecule has 3 nitrogen and oxygen atoms in total. The Kier molecular flexibility index (Phi) is 3.50. The summed E-state index contributed by atoms with van der Waals surface area (Å²) < 4.78 is 0. The number of aromatic nitrogens is 1. The fraction of sp³-hybridized carbons (Fsp3) is 0.308. The third-order valence-electron chi connectivity index (χ3n) is 2.82. The molecule has 4 heteroatoms. The summed E-state index contributed by atoms with van der Waals surface area (Å²) in [6.45, 7) is 3.68. The molecule has 90 valence electrons. The predicted octanol–water partition coefficient (Wildman–Crippen LogP) is 3.07. The van der Waals surface area contributed by atoms with Gasteiger partial charge in [-0.3, -0.25) is 4.98 Å². The molecule has 0 amide bonds. The van der Waals surface area contributed by atoms with Gasteiger partial charge in [-0.05, 0) is 38.1 Å². The average Bonchev–Trinajstić information content (AvgIpc) is 2.33. The number of nitrogens with one attached hydrogen (secondary N) is 1. The van der Waals surface area contributed by atoms with E-state index >= 15 is 0 Å². The first-order valence-electron chi connectivity index (χ1n) is 5.57. The minimum atomic E-state index is -0.426. The third kappa shape index (κ3) is 2.51. The van der Waals surface area contributed by atoms with Crippen LogP contribution in [-0.2, 0) is 0 Å². The number of hydrogen-bond donors (Lipinski definition) is 2. The predicted molar refractivity (Wildman–Crippen MR) is 71.5 cm³/mol. The normalized spacial score (nSPS) is 14.6. The fourth-order valence-corrected chi connectivity index (χ4v) is 1.84. The Hall–Kier alpha value is -1.32. The van der Waals surface area contributed by atoms with Gasteiger partial charge in [0.1, 0.15) is 0 Å². The molecule has 0 aliphatic heterocycles. The van der Waals surface area contributed by atoms with Gasteiger partial charge in [0.05, 0.1) is 22.3 Å². The minimum absolute atomic E-state index is 0.0404. The van der Waals surface area contributed by atoms with E-state index in [2.05, 4.69) is 10.3 Å². The van der Waals surface area contributed by atoms with Crippen molar-refractivity contribution in [2.45, 2.75) is 26.0 Å². The van der Waals surface area contributed by atoms with Crippen LogP contribution in [-0.4, -0.2) is 22.2 Å². The van der Waals surface area contributed by atoms with E-state index < -0.39 is 6.10 Å². The van der Waals surface area contributed by atoms with Gasteiger partial charge < -0.3 is 10.4 Å². The van der Waals surface area contributed by atoms with E-state index in [4.69, 9.17) is 11.6 Å². The van der Waals surface area contributed by atoms with Gasteiger partial charge in [0.15, 0.2) is 0 Å². The van der Waals surface area contributed by atoms with Crippen LogP contribution >= 0.6 is 11.6 Å². The van der Waals surface area contributed by atoms with Crippen molar-refractivity contribution in [2.24, 2.45) is 0 Å². The molecule has 0 aliphatic carbocycles. The second kappa shape index (κ2) is 4.90. The van der Waals surface area contributed by atoms with Gasteiger partial charge >= 0.3 is 0 Å². The molecule has 2 unspecified atom stereocenters. The average molecular weight is 251 g/mol. The highest BCUT2D eigenvalue weighted by molar-refractivity contribution is 6.35. The smallest absolute Gasteiger partial charge is 0.0948 e. The quantitative estimate of drug-likeness (QED) is 0.880. The van der Waals surface area contributed by atoms with E-state index in [-0.39, 0.29) is 6.04 Å². The summed E-state index contributed by atoms with van der Waals surface area (Å²) in [4.78, 5) is 4.33. The lowest BCUT2D eigenvalue weighted by atomic mass is 10.1. The molecule has 0 fully saturated rings. The molecular formula is C13H15ClN2O. The fourth-order valence-electron chi connectivity index (χ4n) is 1.62. The van der Waals surface area contributed by atoms with Crippen LogP contribution in [0.5, 0.6) is 0 Å². The molecule has 2 atom stereocenters. The Morgan fingerprint density at radius 2 is 2.06 bits per heavy atom. The van der Waals surface area contributed by atoms with Gasteiger partial charge in [0.25, 0.3) is 0 Å². The SMILES string of the molecule is CC(O)C(C)Nc1ccc(Cl)c2cccnc12. The van der Waals surface area contributed by atoms with E-state index in [1.807, 2.05) is 31.2 Å². The van der Waals surface area contributed by atoms with Crippen LogP contribution in [0.2, 0.25) is 5.02 Å². The maximum Gasteiger partial charge on any atom is 0.0948 e. The number of rotatable bonds is 3. The molecule has 2 rings (SSSR count). The molecule has 1 aromatic carbocycles. The van der Waals surface area contributed by atoms with E-state index in [0.717, 1.165) is 16.6 Å². The van der Waals surface area contributed by atoms with Crippen molar-refractivity contribution >= 4 is 28.2 Å². The summed E-state index contributed by atoms with van der Waals surface area (Å²) in [5.74, 6) is 0. The molecule has 0 saturated carbocycles. The number of aliphatic hydroxyl groups is 1. The highest BCUT2D eigenvalue weighted by Gasteiger charge is 2.11. The Bertz CT molecular complexity index is 528. The van der Waals surface area contributed by atoms with Crippen LogP contribution in [0.4, 0.5) is 5.69 Å². The van der Waals surface area contributed by atoms with Crippen molar-refractivity contribution in [1.82, 2.24) is 4.98 Å². The summed E-state index contributed by atoms with van der Waals surface area (Å²) in [6, 6.07) is 7.47. The van der Waals surface area contributed by atoms with E-state index in [0.29, 0.717) is 5.02 Å². The molecule has 0 radical (unpaired) electrons. The lowest BCUT2D eigenvalue weighted by Crippen LogP contribution is -2.27. The lowest BCUT2D eigenvalue weighted by molar-refractivity contribution is 0.178. The molecule has 2 aromatic rings. The third-order valence-corrected chi connectivity index (χ3v) is 3.15. The molecular weight excluding hydrogens is 236 g/mol. The second-order valence-corrected chi connectivity index (χ2v) is 4.58. The molecule has 2 N–H and O–H groups in total. The van der Waals surface area contributed by atoms with Crippen LogP contribution in [0.15, 0.2) is 30.5 Å². The maximum atomic E-state index is 9.50. The number of hydrogen-bond acceptors (Lipinski definition) is 3. The van der Waals surface area contributed by atoms with Crippen molar-refractivity contribution in [3.8, 4) is 0 Å². The summed E-state index contributed by atoms with van der Waals surface area (Å²) in [5, 5.41) is 14.3. The van der Waals surface area contributed by atoms with Crippen LogP contribution in [0.3, 0.4) is 0 Å². The van der Waals surface area contributed by atoms with Gasteiger partial charge in [-0.1, -0.05) is 11.6 Å². The summed E-state index contributed by atoms with van der Waals surface area (Å²) in [7, 11) is 0. The number of halogens is 1. The zero-order chi connectivity index (χ0) is 12.4. The molecule has 1 heterocycles. The summed E-state index contributed by atoms with van der Waals surface area (Å²) in [6.07, 6.45) is 1.31. The number of nitrogens with zero attached hydrogens (tertiary/aromatic N) is 1. The minimum Gasteiger partial charge on any atom is -0.391 e. The molecule has 17 heavy (non-hydrogen) atoms. The maximum absolute atomic E-state index is 9.50. The van der Waals surface area contributed by atoms with Crippen molar-refractivity contribution in [1.29, 1.82) is 0 Å². The van der Waals surface area contributed by atoms with Crippen LogP contribution in [0, 0.1) is 0 Å². The Balaban J connectivity index is 2.45. The number of aliphatic hydroxyl groups excluding tert-OH is 1. The highest BCUT2D eigenvalue weighted by Crippen LogP contribution is 2.28. The summed E-state index contributed by atoms with van der Waals surface area (Å²) >= 11 is 6.11. The molecule has 0 bridgehead atoms. The Morgan fingerprint density at radius 1 is 1.29 bits per heavy atom. The first-order valence-corrected chi connectivity index (χ1v) is 5.95. The lowest BCUT2D eigenvalue weighted by Gasteiger charge is -2.19. The van der Waals surface area contributed by atoms with Gasteiger partial charge in [-0.25, -0.2) is 0 Å². The zero-order valence-corrected chi connectivity index (χ0v) is 10.6. The second-order valence-electron chi connectivity index (χ2n) is 4.17. The summed E-state index contributed by atoms with van der Waals surface area (Å²) in [5.41, 5.74) is 1.71. The number of anilines is 1. The van der Waals surface area contributed by atoms with Crippen molar-refractivity contribution in [3.05, 3.63) is 35.5 Å². The Labute approximate surface area is 105 Å². The topological polar surface area (TPSA) is 45.1 Å². The van der Waals surface area contributed by atoms with Crippen molar-refractivity contribution in [2.75, 3.05) is 5.32 Å². The standard InChI is InChI=1S/C13H15ClN2O/c1-8(9(2)17)16-12-6-5-11(14)10-4-3-7-15-13(10)12/h3-9,16-17H,1-2H3. The van der Waals surface area contributed by atoms with Crippen molar-refractivity contribution in [3.63, 3.8) is 0 Å². The number of pyridine rings is 1. The molecule has 0 aliphatic rings. The van der Waals surface area contributed by atoms with Crippen LogP contribution < -0.4 is 5.32 Å². The highest BCUT2D eigenvalue weighted by atomic mass is 35.5. The van der Waals surface area contributed by atoms with Gasteiger partial charge in [0.2, 0.25) is 0 Å². The zero-order valence-electron chi connectivity index (χ0n) is 9.81. The number of fused-ring (bicyclic) bond motifs is 1. The van der Waals surface area contributed by atoms with E-state index in [1.165, 1.54) is 0 Å². The van der Waals surface area contributed by atoms with Crippen LogP contribution in [0.1, 0.15) is 13.8 Å². The first kappa shape index (κ1) is 12.1. The van der Waals surface area contributed by atoms with E-state index in [1.54, 1.807) is 13.1 Å². The number of benzene rings is 1. The monoisotopic (exact) mass is 250 g/mol. The molecule has 1 aromatic heterocycles. The van der Waals surface area contributed by atoms with Gasteiger partial charge in [-0.2, -0.15) is 0 Å². The van der Waals surface area contributed by atoms with Crippen LogP contribution in [0.25, 0.3) is 10.9 Å². The van der Waals surface area contributed by atoms with Crippen molar-refractivity contribution < 1.29 is 5.11 Å². The van der Waals surface area contributed by atoms with E-state index in [9.17, 15) is 5.11 Å². The molecule has 0 spiro atoms. The largest absolute Gasteiger partial charge is 0.391 e. The van der Waals surface area contributed by atoms with Gasteiger partial charge in [0, 0.05) is 17.6 Å². The Morgan fingerprint density at radius 3 is 2.76 bits per heavy atom. The first-order chi connectivity index (χ1) is 8.09. The molecule has 0 saturated heterocycles.